The topological polar surface area (TPSA) is 50.4 Å². The minimum absolute atomic E-state index is 0.0754. The monoisotopic (exact) mass is 262 g/mol. The molecule has 1 heterocycles. The maximum atomic E-state index is 12.5. The number of para-hydroxylation sites is 1. The summed E-state index contributed by atoms with van der Waals surface area (Å²) in [6, 6.07) is 8.01. The molecule has 0 fully saturated rings. The van der Waals surface area contributed by atoms with Gasteiger partial charge in [-0.3, -0.25) is 4.79 Å². The van der Waals surface area contributed by atoms with Crippen LogP contribution in [0.1, 0.15) is 31.7 Å². The average Bonchev–Trinajstić information content (AvgIpc) is 2.37. The van der Waals surface area contributed by atoms with Crippen LogP contribution in [0.3, 0.4) is 0 Å². The van der Waals surface area contributed by atoms with Crippen LogP contribution >= 0.6 is 0 Å². The summed E-state index contributed by atoms with van der Waals surface area (Å²) in [5.74, 6) is 0.00424. The smallest absolute Gasteiger partial charge is 0.228 e. The summed E-state index contributed by atoms with van der Waals surface area (Å²) in [7, 11) is 1.65. The lowest BCUT2D eigenvalue weighted by molar-refractivity contribution is -0.124. The van der Waals surface area contributed by atoms with Crippen molar-refractivity contribution in [3.8, 4) is 0 Å². The molecule has 19 heavy (non-hydrogen) atoms. The maximum Gasteiger partial charge on any atom is 0.228 e. The summed E-state index contributed by atoms with van der Waals surface area (Å²) < 4.78 is 5.14. The molecular formula is C15H22N2O2. The van der Waals surface area contributed by atoms with E-state index in [9.17, 15) is 4.79 Å². The highest BCUT2D eigenvalue weighted by Gasteiger charge is 2.29. The van der Waals surface area contributed by atoms with Crippen LogP contribution in [0.15, 0.2) is 24.3 Å². The number of carbonyl (C=O) groups excluding carboxylic acids is 1. The lowest BCUT2D eigenvalue weighted by Gasteiger charge is -2.31. The van der Waals surface area contributed by atoms with E-state index in [0.29, 0.717) is 6.61 Å². The predicted octanol–water partition coefficient (Wildman–Crippen LogP) is 2.13. The highest BCUT2D eigenvalue weighted by molar-refractivity contribution is 5.86. The van der Waals surface area contributed by atoms with E-state index in [-0.39, 0.29) is 17.4 Å². The Labute approximate surface area is 114 Å². The van der Waals surface area contributed by atoms with Crippen molar-refractivity contribution in [3.05, 3.63) is 29.8 Å². The van der Waals surface area contributed by atoms with E-state index >= 15 is 0 Å². The normalized spacial score (nSPS) is 18.4. The summed E-state index contributed by atoms with van der Waals surface area (Å²) in [6.45, 7) is 5.29. The fraction of sp³-hybridized carbons (Fsp3) is 0.533. The third-order valence-corrected chi connectivity index (χ3v) is 3.37. The molecule has 0 spiro atoms. The molecule has 1 aliphatic rings. The fourth-order valence-electron chi connectivity index (χ4n) is 2.56. The number of nitrogens with one attached hydrogen (secondary N) is 2. The molecule has 0 saturated heterocycles. The Balaban J connectivity index is 2.13. The second-order valence-corrected chi connectivity index (χ2v) is 5.66. The van der Waals surface area contributed by atoms with Gasteiger partial charge in [-0.2, -0.15) is 0 Å². The van der Waals surface area contributed by atoms with Gasteiger partial charge in [0.05, 0.1) is 18.1 Å². The summed E-state index contributed by atoms with van der Waals surface area (Å²) >= 11 is 0. The van der Waals surface area contributed by atoms with Crippen molar-refractivity contribution in [2.24, 2.45) is 0 Å². The molecule has 0 radical (unpaired) electrons. The lowest BCUT2D eigenvalue weighted by atomic mass is 9.89. The van der Waals surface area contributed by atoms with Crippen molar-refractivity contribution in [2.45, 2.75) is 31.7 Å². The number of anilines is 1. The van der Waals surface area contributed by atoms with Gasteiger partial charge in [-0.05, 0) is 31.9 Å². The third kappa shape index (κ3) is 3.26. The standard InChI is InChI=1S/C15H22N2O2/c1-15(2,10-19-3)17-14(18)12-8-9-16-13-7-5-4-6-11(12)13/h4-7,12,16H,8-10H2,1-3H3,(H,17,18). The second-order valence-electron chi connectivity index (χ2n) is 5.66. The van der Waals surface area contributed by atoms with Gasteiger partial charge in [-0.15, -0.1) is 0 Å². The lowest BCUT2D eigenvalue weighted by Crippen LogP contribution is -2.49. The SMILES string of the molecule is COCC(C)(C)NC(=O)C1CCNc2ccccc21. The van der Waals surface area contributed by atoms with Gasteiger partial charge in [0.1, 0.15) is 0 Å². The molecule has 4 nitrogen and oxygen atoms in total. The molecule has 4 heteroatoms. The highest BCUT2D eigenvalue weighted by Crippen LogP contribution is 2.31. The quantitative estimate of drug-likeness (QED) is 0.874. The van der Waals surface area contributed by atoms with Crippen LogP contribution in [0.2, 0.25) is 0 Å². The van der Waals surface area contributed by atoms with E-state index in [4.69, 9.17) is 4.74 Å². The maximum absolute atomic E-state index is 12.5. The Kier molecular flexibility index (Phi) is 4.10. The number of ether oxygens (including phenoxy) is 1. The Hall–Kier alpha value is -1.55. The summed E-state index contributed by atoms with van der Waals surface area (Å²) in [5.41, 5.74) is 1.81. The van der Waals surface area contributed by atoms with E-state index in [1.165, 1.54) is 0 Å². The number of fused-ring (bicyclic) bond motifs is 1. The van der Waals surface area contributed by atoms with E-state index in [1.54, 1.807) is 7.11 Å². The zero-order valence-electron chi connectivity index (χ0n) is 11.8. The summed E-state index contributed by atoms with van der Waals surface area (Å²) in [6.07, 6.45) is 0.825. The molecule has 1 aromatic carbocycles. The van der Waals surface area contributed by atoms with Crippen molar-refractivity contribution < 1.29 is 9.53 Å². The molecule has 0 aliphatic carbocycles. The zero-order chi connectivity index (χ0) is 13.9. The molecule has 2 N–H and O–H groups in total. The molecule has 1 aromatic rings. The first-order valence-corrected chi connectivity index (χ1v) is 6.67. The molecule has 1 unspecified atom stereocenters. The molecule has 104 valence electrons. The Morgan fingerprint density at radius 2 is 2.21 bits per heavy atom. The van der Waals surface area contributed by atoms with Crippen LogP contribution in [-0.2, 0) is 9.53 Å². The number of hydrogen-bond donors (Lipinski definition) is 2. The van der Waals surface area contributed by atoms with Gasteiger partial charge in [-0.25, -0.2) is 0 Å². The minimum atomic E-state index is -0.342. The van der Waals surface area contributed by atoms with Crippen molar-refractivity contribution >= 4 is 11.6 Å². The Morgan fingerprint density at radius 3 is 2.95 bits per heavy atom. The predicted molar refractivity (Wildman–Crippen MR) is 76.4 cm³/mol. The first kappa shape index (κ1) is 13.9. The minimum Gasteiger partial charge on any atom is -0.385 e. The van der Waals surface area contributed by atoms with E-state index < -0.39 is 0 Å². The van der Waals surface area contributed by atoms with Crippen LogP contribution < -0.4 is 10.6 Å². The van der Waals surface area contributed by atoms with Gasteiger partial charge >= 0.3 is 0 Å². The number of methoxy groups -OCH3 is 1. The van der Waals surface area contributed by atoms with Crippen LogP contribution in [-0.4, -0.2) is 31.7 Å². The van der Waals surface area contributed by atoms with Crippen LogP contribution in [0, 0.1) is 0 Å². The Morgan fingerprint density at radius 1 is 1.47 bits per heavy atom. The van der Waals surface area contributed by atoms with Crippen LogP contribution in [0.4, 0.5) is 5.69 Å². The molecule has 2 rings (SSSR count). The van der Waals surface area contributed by atoms with Gasteiger partial charge in [0.25, 0.3) is 0 Å². The van der Waals surface area contributed by atoms with Crippen molar-refractivity contribution in [2.75, 3.05) is 25.6 Å². The van der Waals surface area contributed by atoms with E-state index in [1.807, 2.05) is 38.1 Å². The first-order valence-electron chi connectivity index (χ1n) is 6.67. The Bertz CT molecular complexity index is 457. The average molecular weight is 262 g/mol. The molecule has 0 saturated carbocycles. The molecule has 1 atom stereocenters. The summed E-state index contributed by atoms with van der Waals surface area (Å²) in [4.78, 5) is 12.5. The molecular weight excluding hydrogens is 240 g/mol. The van der Waals surface area contributed by atoms with Gasteiger partial charge in [0, 0.05) is 19.3 Å². The fourth-order valence-corrected chi connectivity index (χ4v) is 2.56. The van der Waals surface area contributed by atoms with E-state index in [2.05, 4.69) is 10.6 Å². The van der Waals surface area contributed by atoms with Gasteiger partial charge in [-0.1, -0.05) is 18.2 Å². The number of carbonyl (C=O) groups is 1. The number of amides is 1. The van der Waals surface area contributed by atoms with Gasteiger partial charge < -0.3 is 15.4 Å². The zero-order valence-corrected chi connectivity index (χ0v) is 11.8. The number of rotatable bonds is 4. The second kappa shape index (κ2) is 5.61. The molecule has 0 aromatic heterocycles. The van der Waals surface area contributed by atoms with E-state index in [0.717, 1.165) is 24.2 Å². The van der Waals surface area contributed by atoms with Crippen molar-refractivity contribution in [3.63, 3.8) is 0 Å². The van der Waals surface area contributed by atoms with Crippen LogP contribution in [0.5, 0.6) is 0 Å². The number of hydrogen-bond acceptors (Lipinski definition) is 3. The molecule has 0 bridgehead atoms. The largest absolute Gasteiger partial charge is 0.385 e. The van der Waals surface area contributed by atoms with Crippen molar-refractivity contribution in [1.82, 2.24) is 5.32 Å². The van der Waals surface area contributed by atoms with Crippen LogP contribution in [0.25, 0.3) is 0 Å². The third-order valence-electron chi connectivity index (χ3n) is 3.37. The summed E-state index contributed by atoms with van der Waals surface area (Å²) in [5, 5.41) is 6.41. The first-order chi connectivity index (χ1) is 9.03. The molecule has 1 aliphatic heterocycles. The molecule has 1 amide bonds. The highest BCUT2D eigenvalue weighted by atomic mass is 16.5. The number of benzene rings is 1. The van der Waals surface area contributed by atoms with Crippen molar-refractivity contribution in [1.29, 1.82) is 0 Å². The van der Waals surface area contributed by atoms with Gasteiger partial charge in [0.2, 0.25) is 5.91 Å². The van der Waals surface area contributed by atoms with Gasteiger partial charge in [0.15, 0.2) is 0 Å².